The van der Waals surface area contributed by atoms with Gasteiger partial charge in [-0.3, -0.25) is 9.48 Å². The lowest BCUT2D eigenvalue weighted by atomic mass is 10.2. The highest BCUT2D eigenvalue weighted by atomic mass is 127. The van der Waals surface area contributed by atoms with Crippen LogP contribution in [0.2, 0.25) is 5.02 Å². The smallest absolute Gasteiger partial charge is 0.226 e. The summed E-state index contributed by atoms with van der Waals surface area (Å²) in [4.78, 5) is 11.9. The fourth-order valence-electron chi connectivity index (χ4n) is 1.78. The summed E-state index contributed by atoms with van der Waals surface area (Å²) in [5.74, 6) is -0.0430. The number of aryl methyl sites for hydroxylation is 2. The molecule has 0 radical (unpaired) electrons. The van der Waals surface area contributed by atoms with Gasteiger partial charge in [-0.25, -0.2) is 0 Å². The number of carbonyl (C=O) groups excluding carboxylic acids is 1. The van der Waals surface area contributed by atoms with E-state index in [-0.39, 0.29) is 5.91 Å². The number of anilines is 1. The molecule has 0 aliphatic carbocycles. The largest absolute Gasteiger partial charge is 0.326 e. The molecule has 4 nitrogen and oxygen atoms in total. The minimum atomic E-state index is -0.0430. The molecule has 1 amide bonds. The van der Waals surface area contributed by atoms with Gasteiger partial charge in [0.2, 0.25) is 5.91 Å². The Hall–Kier alpha value is -1.08. The molecule has 20 heavy (non-hydrogen) atoms. The quantitative estimate of drug-likeness (QED) is 0.790. The third kappa shape index (κ3) is 3.73. The zero-order valence-electron chi connectivity index (χ0n) is 11.3. The van der Waals surface area contributed by atoms with E-state index in [0.717, 1.165) is 20.5 Å². The standard InChI is InChI=1S/C14H15ClIN3O/c1-9-11(15)4-3-5-13(9)17-14(20)6-7-19-8-12(16)10(2)18-19/h3-5,8H,6-7H2,1-2H3,(H,17,20). The summed E-state index contributed by atoms with van der Waals surface area (Å²) in [6.45, 7) is 4.40. The highest BCUT2D eigenvalue weighted by Gasteiger charge is 2.08. The number of nitrogens with zero attached hydrogens (tertiary/aromatic N) is 2. The van der Waals surface area contributed by atoms with Gasteiger partial charge < -0.3 is 5.32 Å². The SMILES string of the molecule is Cc1nn(CCC(=O)Nc2cccc(Cl)c2C)cc1I. The van der Waals surface area contributed by atoms with Gasteiger partial charge in [-0.15, -0.1) is 0 Å². The average Bonchev–Trinajstić information content (AvgIpc) is 2.72. The molecule has 6 heteroatoms. The van der Waals surface area contributed by atoms with Crippen LogP contribution in [-0.4, -0.2) is 15.7 Å². The molecule has 0 aliphatic rings. The maximum atomic E-state index is 11.9. The predicted molar refractivity (Wildman–Crippen MR) is 89.1 cm³/mol. The third-order valence-corrected chi connectivity index (χ3v) is 4.46. The lowest BCUT2D eigenvalue weighted by molar-refractivity contribution is -0.116. The van der Waals surface area contributed by atoms with E-state index in [2.05, 4.69) is 33.0 Å². The maximum Gasteiger partial charge on any atom is 0.226 e. The monoisotopic (exact) mass is 403 g/mol. The van der Waals surface area contributed by atoms with E-state index >= 15 is 0 Å². The summed E-state index contributed by atoms with van der Waals surface area (Å²) in [6, 6.07) is 5.48. The van der Waals surface area contributed by atoms with Gasteiger partial charge >= 0.3 is 0 Å². The molecule has 1 N–H and O–H groups in total. The molecule has 0 saturated heterocycles. The van der Waals surface area contributed by atoms with Gasteiger partial charge in [0.25, 0.3) is 0 Å². The normalized spacial score (nSPS) is 10.6. The molecule has 1 heterocycles. The van der Waals surface area contributed by atoms with Crippen molar-refractivity contribution < 1.29 is 4.79 Å². The summed E-state index contributed by atoms with van der Waals surface area (Å²) in [5, 5.41) is 7.86. The van der Waals surface area contributed by atoms with Gasteiger partial charge in [-0.05, 0) is 54.1 Å². The second-order valence-electron chi connectivity index (χ2n) is 4.54. The number of carbonyl (C=O) groups is 1. The number of hydrogen-bond acceptors (Lipinski definition) is 2. The molecular formula is C14H15ClIN3O. The Morgan fingerprint density at radius 2 is 2.20 bits per heavy atom. The molecule has 0 atom stereocenters. The molecule has 0 spiro atoms. The maximum absolute atomic E-state index is 11.9. The van der Waals surface area contributed by atoms with E-state index in [0.29, 0.717) is 18.0 Å². The van der Waals surface area contributed by atoms with E-state index in [1.54, 1.807) is 10.7 Å². The number of aromatic nitrogens is 2. The van der Waals surface area contributed by atoms with Crippen LogP contribution in [0.3, 0.4) is 0 Å². The zero-order chi connectivity index (χ0) is 14.7. The number of halogens is 2. The Morgan fingerprint density at radius 3 is 2.85 bits per heavy atom. The van der Waals surface area contributed by atoms with E-state index in [1.807, 2.05) is 32.2 Å². The van der Waals surface area contributed by atoms with Crippen LogP contribution in [0.15, 0.2) is 24.4 Å². The zero-order valence-corrected chi connectivity index (χ0v) is 14.2. The first-order chi connectivity index (χ1) is 9.47. The average molecular weight is 404 g/mol. The van der Waals surface area contributed by atoms with Crippen molar-refractivity contribution in [2.24, 2.45) is 0 Å². The van der Waals surface area contributed by atoms with Crippen LogP contribution in [0.25, 0.3) is 0 Å². The number of hydrogen-bond donors (Lipinski definition) is 1. The van der Waals surface area contributed by atoms with Crippen molar-refractivity contribution in [3.63, 3.8) is 0 Å². The molecule has 1 aromatic carbocycles. The summed E-state index contributed by atoms with van der Waals surface area (Å²) in [5.41, 5.74) is 2.62. The van der Waals surface area contributed by atoms with E-state index in [9.17, 15) is 4.79 Å². The van der Waals surface area contributed by atoms with Crippen LogP contribution in [0, 0.1) is 17.4 Å². The number of benzene rings is 1. The second kappa shape index (κ2) is 6.58. The highest BCUT2D eigenvalue weighted by molar-refractivity contribution is 14.1. The van der Waals surface area contributed by atoms with Crippen molar-refractivity contribution in [1.82, 2.24) is 9.78 Å². The van der Waals surface area contributed by atoms with E-state index < -0.39 is 0 Å². The number of nitrogens with one attached hydrogen (secondary N) is 1. The van der Waals surface area contributed by atoms with Crippen molar-refractivity contribution in [1.29, 1.82) is 0 Å². The lowest BCUT2D eigenvalue weighted by Crippen LogP contribution is -2.15. The van der Waals surface area contributed by atoms with Gasteiger partial charge in [0, 0.05) is 29.9 Å². The van der Waals surface area contributed by atoms with Gasteiger partial charge in [0.1, 0.15) is 0 Å². The summed E-state index contributed by atoms with van der Waals surface area (Å²) in [6.07, 6.45) is 2.32. The van der Waals surface area contributed by atoms with Crippen molar-refractivity contribution in [2.75, 3.05) is 5.32 Å². The van der Waals surface area contributed by atoms with Gasteiger partial charge in [-0.1, -0.05) is 17.7 Å². The minimum Gasteiger partial charge on any atom is -0.326 e. The van der Waals surface area contributed by atoms with Crippen molar-refractivity contribution >= 4 is 45.8 Å². The first kappa shape index (κ1) is 15.3. The van der Waals surface area contributed by atoms with Gasteiger partial charge in [-0.2, -0.15) is 5.10 Å². The Balaban J connectivity index is 1.94. The molecule has 0 bridgehead atoms. The van der Waals surface area contributed by atoms with Crippen LogP contribution in [0.5, 0.6) is 0 Å². The summed E-state index contributed by atoms with van der Waals surface area (Å²) < 4.78 is 2.90. The van der Waals surface area contributed by atoms with Crippen LogP contribution in [0.1, 0.15) is 17.7 Å². The molecule has 1 aromatic heterocycles. The molecular weight excluding hydrogens is 389 g/mol. The second-order valence-corrected chi connectivity index (χ2v) is 6.11. The van der Waals surface area contributed by atoms with Crippen molar-refractivity contribution in [2.45, 2.75) is 26.8 Å². The lowest BCUT2D eigenvalue weighted by Gasteiger charge is -2.09. The number of amides is 1. The van der Waals surface area contributed by atoms with Crippen LogP contribution < -0.4 is 5.32 Å². The minimum absolute atomic E-state index is 0.0430. The number of rotatable bonds is 4. The van der Waals surface area contributed by atoms with E-state index in [1.165, 1.54) is 0 Å². The van der Waals surface area contributed by atoms with E-state index in [4.69, 9.17) is 11.6 Å². The molecule has 106 valence electrons. The van der Waals surface area contributed by atoms with Crippen LogP contribution in [-0.2, 0) is 11.3 Å². The summed E-state index contributed by atoms with van der Waals surface area (Å²) >= 11 is 8.25. The molecule has 0 saturated carbocycles. The van der Waals surface area contributed by atoms with Crippen molar-refractivity contribution in [3.8, 4) is 0 Å². The van der Waals surface area contributed by atoms with Crippen LogP contribution in [0.4, 0.5) is 5.69 Å². The Bertz CT molecular complexity index is 620. The fraction of sp³-hybridized carbons (Fsp3) is 0.286. The first-order valence-corrected chi connectivity index (χ1v) is 7.67. The van der Waals surface area contributed by atoms with Gasteiger partial charge in [0.05, 0.1) is 9.26 Å². The first-order valence-electron chi connectivity index (χ1n) is 6.22. The predicted octanol–water partition coefficient (Wildman–Crippen LogP) is 3.79. The Kier molecular flexibility index (Phi) is 5.04. The van der Waals surface area contributed by atoms with Gasteiger partial charge in [0.15, 0.2) is 0 Å². The molecule has 0 unspecified atom stereocenters. The summed E-state index contributed by atoms with van der Waals surface area (Å²) in [7, 11) is 0. The Morgan fingerprint density at radius 1 is 1.45 bits per heavy atom. The molecule has 2 rings (SSSR count). The van der Waals surface area contributed by atoms with Crippen molar-refractivity contribution in [3.05, 3.63) is 44.2 Å². The fourth-order valence-corrected chi connectivity index (χ4v) is 2.38. The molecule has 0 aliphatic heterocycles. The molecule has 0 fully saturated rings. The topological polar surface area (TPSA) is 46.9 Å². The third-order valence-electron chi connectivity index (χ3n) is 3.00. The highest BCUT2D eigenvalue weighted by Crippen LogP contribution is 2.23. The molecule has 2 aromatic rings. The van der Waals surface area contributed by atoms with Crippen LogP contribution >= 0.6 is 34.2 Å². The Labute approximate surface area is 136 Å².